The van der Waals surface area contributed by atoms with Crippen LogP contribution in [-0.4, -0.2) is 21.8 Å². The molecule has 0 fully saturated rings. The largest absolute Gasteiger partial charge is 2.00 e. The van der Waals surface area contributed by atoms with Crippen molar-refractivity contribution in [2.24, 2.45) is 10.3 Å². The van der Waals surface area contributed by atoms with Gasteiger partial charge in [-0.2, -0.15) is 0 Å². The summed E-state index contributed by atoms with van der Waals surface area (Å²) in [6.45, 7) is 3.07. The van der Waals surface area contributed by atoms with Crippen molar-refractivity contribution in [1.29, 1.82) is 0 Å². The molecule has 0 atom stereocenters. The molecule has 55 valence electrons. The predicted octanol–water partition coefficient (Wildman–Crippen LogP) is 0.684. The second-order valence-corrected chi connectivity index (χ2v) is 1.37. The average molecular weight is 180 g/mol. The van der Waals surface area contributed by atoms with E-state index in [1.54, 1.807) is 0 Å². The van der Waals surface area contributed by atoms with Crippen LogP contribution in [0.2, 0.25) is 0 Å². The van der Waals surface area contributed by atoms with Crippen molar-refractivity contribution in [1.82, 2.24) is 0 Å². The number of hydrogen-bond acceptors (Lipinski definition) is 4. The molecule has 0 saturated heterocycles. The molecular weight excluding hydrogens is 172 g/mol. The van der Waals surface area contributed by atoms with Gasteiger partial charge in [-0.05, 0) is 13.8 Å². The van der Waals surface area contributed by atoms with Gasteiger partial charge in [0.1, 0.15) is 11.4 Å². The fraction of sp³-hybridized carbons (Fsp3) is 0.500. The molecule has 9 heavy (non-hydrogen) atoms. The van der Waals surface area contributed by atoms with Crippen molar-refractivity contribution in [3.8, 4) is 0 Å². The van der Waals surface area contributed by atoms with Crippen LogP contribution in [0.3, 0.4) is 0 Å². The summed E-state index contributed by atoms with van der Waals surface area (Å²) in [5.74, 6) is 0. The number of rotatable bonds is 1. The van der Waals surface area contributed by atoms with Gasteiger partial charge in [0.25, 0.3) is 0 Å². The van der Waals surface area contributed by atoms with Crippen LogP contribution in [0.15, 0.2) is 10.3 Å². The summed E-state index contributed by atoms with van der Waals surface area (Å²) in [5, 5.41) is 21.6. The molecule has 0 aromatic carbocycles. The van der Waals surface area contributed by atoms with E-state index < -0.39 is 0 Å². The van der Waals surface area contributed by atoms with Crippen LogP contribution in [0.25, 0.3) is 0 Å². The predicted molar refractivity (Wildman–Crippen MR) is 29.8 cm³/mol. The van der Waals surface area contributed by atoms with Gasteiger partial charge in [0.05, 0.1) is 0 Å². The Hall–Kier alpha value is -0.541. The Morgan fingerprint density at radius 1 is 1.00 bits per heavy atom. The van der Waals surface area contributed by atoms with E-state index in [2.05, 4.69) is 10.3 Å². The average Bonchev–Trinajstić information content (AvgIpc) is 1.84. The number of hydrogen-bond donors (Lipinski definition) is 2. The second kappa shape index (κ2) is 5.59. The molecule has 0 aliphatic carbocycles. The van der Waals surface area contributed by atoms with Crippen molar-refractivity contribution in [2.45, 2.75) is 13.8 Å². The van der Waals surface area contributed by atoms with Crippen LogP contribution < -0.4 is 0 Å². The summed E-state index contributed by atoms with van der Waals surface area (Å²) in [6.07, 6.45) is 0. The molecule has 5 heteroatoms. The van der Waals surface area contributed by atoms with Crippen LogP contribution in [0, 0.1) is 0 Å². The van der Waals surface area contributed by atoms with E-state index in [0.29, 0.717) is 11.4 Å². The maximum absolute atomic E-state index is 8.03. The molecule has 0 spiro atoms. The Labute approximate surface area is 63.7 Å². The van der Waals surface area contributed by atoms with Gasteiger partial charge < -0.3 is 10.4 Å². The van der Waals surface area contributed by atoms with Gasteiger partial charge in [-0.3, -0.25) is 0 Å². The van der Waals surface area contributed by atoms with Gasteiger partial charge in [-0.25, -0.2) is 0 Å². The zero-order chi connectivity index (χ0) is 6.57. The molecule has 0 aliphatic rings. The van der Waals surface area contributed by atoms with Crippen molar-refractivity contribution in [3.63, 3.8) is 0 Å². The number of oxime groups is 2. The van der Waals surface area contributed by atoms with Crippen molar-refractivity contribution >= 4 is 11.4 Å². The van der Waals surface area contributed by atoms with Crippen molar-refractivity contribution in [3.05, 3.63) is 0 Å². The first-order chi connectivity index (χ1) is 3.72. The first-order valence-corrected chi connectivity index (χ1v) is 2.10. The van der Waals surface area contributed by atoms with Gasteiger partial charge in [0.2, 0.25) is 0 Å². The van der Waals surface area contributed by atoms with Crippen molar-refractivity contribution < 1.29 is 27.5 Å². The van der Waals surface area contributed by atoms with Crippen LogP contribution in [-0.2, 0) is 17.1 Å². The zero-order valence-electron chi connectivity index (χ0n) is 5.09. The maximum Gasteiger partial charge on any atom is 2.00 e. The van der Waals surface area contributed by atoms with E-state index in [4.69, 9.17) is 10.4 Å². The smallest absolute Gasteiger partial charge is 0.411 e. The molecule has 0 rings (SSSR count). The molecule has 0 aromatic rings. The summed E-state index contributed by atoms with van der Waals surface area (Å²) < 4.78 is 0. The Morgan fingerprint density at radius 3 is 1.33 bits per heavy atom. The second-order valence-electron chi connectivity index (χ2n) is 1.37. The first-order valence-electron chi connectivity index (χ1n) is 2.10. The third-order valence-corrected chi connectivity index (χ3v) is 0.824. The van der Waals surface area contributed by atoms with Crippen molar-refractivity contribution in [2.75, 3.05) is 0 Å². The van der Waals surface area contributed by atoms with Gasteiger partial charge >= 0.3 is 17.1 Å². The fourth-order valence-corrected chi connectivity index (χ4v) is 0.145. The zero-order valence-corrected chi connectivity index (χ0v) is 6.03. The summed E-state index contributed by atoms with van der Waals surface area (Å²) in [5.41, 5.74) is 0.625. The maximum atomic E-state index is 8.03. The minimum Gasteiger partial charge on any atom is -0.411 e. The quantitative estimate of drug-likeness (QED) is 0.269. The SMILES string of the molecule is CC(=NO)C(C)=NO.[Cu+2]. The van der Waals surface area contributed by atoms with Gasteiger partial charge in [0, 0.05) is 0 Å². The fourth-order valence-electron chi connectivity index (χ4n) is 0.145. The van der Waals surface area contributed by atoms with Crippen LogP contribution in [0.5, 0.6) is 0 Å². The minimum atomic E-state index is 0. The molecule has 0 amide bonds. The molecule has 2 N–H and O–H groups in total. The van der Waals surface area contributed by atoms with Crippen LogP contribution >= 0.6 is 0 Å². The monoisotopic (exact) mass is 179 g/mol. The Morgan fingerprint density at radius 2 is 1.22 bits per heavy atom. The van der Waals surface area contributed by atoms with E-state index in [1.165, 1.54) is 13.8 Å². The standard InChI is InChI=1S/C4H8N2O2.Cu/c1-3(5-7)4(2)6-8;/h7-8H,1-2H3;/q;+2. The third-order valence-electron chi connectivity index (χ3n) is 0.824. The molecule has 1 radical (unpaired) electrons. The summed E-state index contributed by atoms with van der Waals surface area (Å²) in [6, 6.07) is 0. The van der Waals surface area contributed by atoms with E-state index in [0.717, 1.165) is 0 Å². The Bertz CT molecular complexity index is 117. The summed E-state index contributed by atoms with van der Waals surface area (Å²) in [4.78, 5) is 0. The molecule has 0 saturated carbocycles. The Balaban J connectivity index is 0. The van der Waals surface area contributed by atoms with E-state index >= 15 is 0 Å². The van der Waals surface area contributed by atoms with E-state index in [9.17, 15) is 0 Å². The molecule has 0 heterocycles. The van der Waals surface area contributed by atoms with E-state index in [-0.39, 0.29) is 17.1 Å². The van der Waals surface area contributed by atoms with Gasteiger partial charge in [-0.1, -0.05) is 10.3 Å². The Kier molecular flexibility index (Phi) is 7.01. The number of nitrogens with zero attached hydrogens (tertiary/aromatic N) is 2. The third kappa shape index (κ3) is 4.00. The molecule has 0 aromatic heterocycles. The topological polar surface area (TPSA) is 65.2 Å². The summed E-state index contributed by atoms with van der Waals surface area (Å²) >= 11 is 0. The molecular formula is C4H8CuN2O2+2. The van der Waals surface area contributed by atoms with Crippen LogP contribution in [0.1, 0.15) is 13.8 Å². The minimum absolute atomic E-state index is 0. The normalized spacial score (nSPS) is 12.7. The van der Waals surface area contributed by atoms with E-state index in [1.807, 2.05) is 0 Å². The molecule has 0 unspecified atom stereocenters. The molecule has 0 bridgehead atoms. The molecule has 4 nitrogen and oxygen atoms in total. The molecule has 0 aliphatic heterocycles. The van der Waals surface area contributed by atoms with Gasteiger partial charge in [0.15, 0.2) is 0 Å². The van der Waals surface area contributed by atoms with Gasteiger partial charge in [-0.15, -0.1) is 0 Å². The first kappa shape index (κ1) is 11.3. The van der Waals surface area contributed by atoms with Crippen LogP contribution in [0.4, 0.5) is 0 Å². The summed E-state index contributed by atoms with van der Waals surface area (Å²) in [7, 11) is 0.